The van der Waals surface area contributed by atoms with Gasteiger partial charge in [0.25, 0.3) is 0 Å². The highest BCUT2D eigenvalue weighted by Gasteiger charge is 2.34. The fourth-order valence-electron chi connectivity index (χ4n) is 2.20. The normalized spacial score (nSPS) is 15.2. The standard InChI is InChI=1S/C17H22F3N3OS/c1-11(22-25(24)16(2,3)4)12-6-8-13(9-7-12)15-21-14(10-23(15)5)17(18,19)20/h6-11,22H,1-5H3/t11?,25-/m1/s1. The van der Waals surface area contributed by atoms with E-state index in [4.69, 9.17) is 0 Å². The predicted octanol–water partition coefficient (Wildman–Crippen LogP) is 4.22. The summed E-state index contributed by atoms with van der Waals surface area (Å²) in [5.41, 5.74) is 0.571. The Morgan fingerprint density at radius 3 is 2.16 bits per heavy atom. The monoisotopic (exact) mass is 373 g/mol. The van der Waals surface area contributed by atoms with E-state index in [1.165, 1.54) is 11.6 Å². The molecule has 1 aromatic heterocycles. The number of halogens is 3. The van der Waals surface area contributed by atoms with Gasteiger partial charge in [-0.15, -0.1) is 4.72 Å². The zero-order valence-corrected chi connectivity index (χ0v) is 15.6. The smallest absolute Gasteiger partial charge is 0.434 e. The van der Waals surface area contributed by atoms with Crippen molar-refractivity contribution >= 4 is 11.4 Å². The van der Waals surface area contributed by atoms with Crippen LogP contribution in [0.5, 0.6) is 0 Å². The summed E-state index contributed by atoms with van der Waals surface area (Å²) < 4.78 is 54.5. The van der Waals surface area contributed by atoms with Crippen LogP contribution in [-0.2, 0) is 24.6 Å². The molecule has 0 spiro atoms. The lowest BCUT2D eigenvalue weighted by molar-refractivity contribution is -0.140. The molecule has 2 atom stereocenters. The van der Waals surface area contributed by atoms with E-state index >= 15 is 0 Å². The minimum absolute atomic E-state index is 0.152. The Labute approximate surface area is 148 Å². The first-order valence-electron chi connectivity index (χ1n) is 7.78. The Balaban J connectivity index is 2.19. The average Bonchev–Trinajstić information content (AvgIpc) is 2.88. The van der Waals surface area contributed by atoms with E-state index in [-0.39, 0.29) is 16.6 Å². The molecule has 0 bridgehead atoms. The number of hydrogen-bond donors (Lipinski definition) is 1. The van der Waals surface area contributed by atoms with Gasteiger partial charge in [-0.05, 0) is 33.3 Å². The second-order valence-corrected chi connectivity index (χ2v) is 8.90. The zero-order chi connectivity index (χ0) is 19.0. The molecule has 1 heterocycles. The minimum atomic E-state index is -4.47. The lowest BCUT2D eigenvalue weighted by Gasteiger charge is -2.26. The largest absolute Gasteiger partial charge is 0.598 e. The number of aromatic nitrogens is 2. The number of rotatable bonds is 4. The van der Waals surface area contributed by atoms with Crippen LogP contribution in [0.3, 0.4) is 0 Å². The molecule has 1 aromatic carbocycles. The first kappa shape index (κ1) is 19.8. The maximum absolute atomic E-state index is 12.8. The van der Waals surface area contributed by atoms with E-state index in [1.54, 1.807) is 24.3 Å². The molecule has 4 nitrogen and oxygen atoms in total. The van der Waals surface area contributed by atoms with Crippen LogP contribution < -0.4 is 4.72 Å². The maximum atomic E-state index is 12.8. The van der Waals surface area contributed by atoms with Gasteiger partial charge in [0, 0.05) is 30.2 Å². The van der Waals surface area contributed by atoms with Crippen molar-refractivity contribution in [3.8, 4) is 11.4 Å². The van der Waals surface area contributed by atoms with Crippen LogP contribution in [0.1, 0.15) is 45.0 Å². The molecule has 0 saturated heterocycles. The number of benzene rings is 1. The third kappa shape index (κ3) is 4.77. The number of hydrogen-bond acceptors (Lipinski definition) is 3. The molecule has 0 aliphatic carbocycles. The Bertz CT molecular complexity index is 720. The summed E-state index contributed by atoms with van der Waals surface area (Å²) in [4.78, 5) is 3.68. The van der Waals surface area contributed by atoms with Crippen LogP contribution in [0.2, 0.25) is 0 Å². The lowest BCUT2D eigenvalue weighted by atomic mass is 10.1. The second kappa shape index (κ2) is 7.01. The van der Waals surface area contributed by atoms with Gasteiger partial charge in [-0.2, -0.15) is 13.2 Å². The Kier molecular flexibility index (Phi) is 5.56. The third-order valence-electron chi connectivity index (χ3n) is 3.68. The summed E-state index contributed by atoms with van der Waals surface area (Å²) in [7, 11) is 1.53. The molecule has 2 rings (SSSR count). The van der Waals surface area contributed by atoms with E-state index < -0.39 is 23.2 Å². The SMILES string of the molecule is CC(N[S@+]([O-])C(C)(C)C)c1ccc(-c2nc(C(F)(F)F)cn2C)cc1. The average molecular weight is 373 g/mol. The van der Waals surface area contributed by atoms with Crippen molar-refractivity contribution in [2.24, 2.45) is 7.05 Å². The summed E-state index contributed by atoms with van der Waals surface area (Å²) >= 11 is -1.21. The third-order valence-corrected chi connectivity index (χ3v) is 5.36. The highest BCUT2D eigenvalue weighted by molar-refractivity contribution is 7.90. The van der Waals surface area contributed by atoms with E-state index in [2.05, 4.69) is 9.71 Å². The number of nitrogens with zero attached hydrogens (tertiary/aromatic N) is 2. The number of aryl methyl sites for hydroxylation is 1. The molecule has 1 N–H and O–H groups in total. The molecule has 2 aromatic rings. The van der Waals surface area contributed by atoms with Crippen LogP contribution >= 0.6 is 0 Å². The van der Waals surface area contributed by atoms with Gasteiger partial charge in [0.05, 0.1) is 6.04 Å². The van der Waals surface area contributed by atoms with Crippen molar-refractivity contribution in [3.05, 3.63) is 41.7 Å². The Morgan fingerprint density at radius 1 is 1.16 bits per heavy atom. The molecule has 1 unspecified atom stereocenters. The van der Waals surface area contributed by atoms with Crippen molar-refractivity contribution in [1.82, 2.24) is 14.3 Å². The van der Waals surface area contributed by atoms with Gasteiger partial charge in [0.15, 0.2) is 5.69 Å². The minimum Gasteiger partial charge on any atom is -0.598 e. The van der Waals surface area contributed by atoms with E-state index in [9.17, 15) is 17.7 Å². The molecular formula is C17H22F3N3OS. The number of alkyl halides is 3. The molecule has 25 heavy (non-hydrogen) atoms. The Hall–Kier alpha value is -1.51. The van der Waals surface area contributed by atoms with Gasteiger partial charge >= 0.3 is 6.18 Å². The van der Waals surface area contributed by atoms with Crippen LogP contribution in [0.15, 0.2) is 30.5 Å². The van der Waals surface area contributed by atoms with Gasteiger partial charge in [0.2, 0.25) is 0 Å². The molecule has 0 saturated carbocycles. The molecular weight excluding hydrogens is 351 g/mol. The van der Waals surface area contributed by atoms with Gasteiger partial charge in [-0.1, -0.05) is 24.3 Å². The van der Waals surface area contributed by atoms with Crippen molar-refractivity contribution in [2.45, 2.75) is 44.7 Å². The number of imidazole rings is 1. The number of nitrogens with one attached hydrogen (secondary N) is 1. The first-order valence-corrected chi connectivity index (χ1v) is 8.93. The quantitative estimate of drug-likeness (QED) is 0.817. The Morgan fingerprint density at radius 2 is 1.72 bits per heavy atom. The zero-order valence-electron chi connectivity index (χ0n) is 14.8. The van der Waals surface area contributed by atoms with Crippen molar-refractivity contribution in [3.63, 3.8) is 0 Å². The van der Waals surface area contributed by atoms with E-state index in [0.29, 0.717) is 5.56 Å². The molecule has 138 valence electrons. The highest BCUT2D eigenvalue weighted by atomic mass is 32.2. The highest BCUT2D eigenvalue weighted by Crippen LogP contribution is 2.31. The summed E-state index contributed by atoms with van der Waals surface area (Å²) in [6, 6.07) is 6.89. The molecule has 0 aliphatic rings. The van der Waals surface area contributed by atoms with Gasteiger partial charge in [0.1, 0.15) is 10.6 Å². The molecule has 0 aliphatic heterocycles. The van der Waals surface area contributed by atoms with Crippen molar-refractivity contribution in [2.75, 3.05) is 0 Å². The predicted molar refractivity (Wildman–Crippen MR) is 93.1 cm³/mol. The fraction of sp³-hybridized carbons (Fsp3) is 0.471. The van der Waals surface area contributed by atoms with Crippen LogP contribution in [0.25, 0.3) is 11.4 Å². The topological polar surface area (TPSA) is 52.9 Å². The van der Waals surface area contributed by atoms with E-state index in [0.717, 1.165) is 11.8 Å². The van der Waals surface area contributed by atoms with Crippen molar-refractivity contribution < 1.29 is 17.7 Å². The molecule has 8 heteroatoms. The van der Waals surface area contributed by atoms with Gasteiger partial charge in [-0.3, -0.25) is 0 Å². The van der Waals surface area contributed by atoms with Gasteiger partial charge < -0.3 is 9.12 Å². The van der Waals surface area contributed by atoms with Crippen LogP contribution in [-0.4, -0.2) is 18.9 Å². The van der Waals surface area contributed by atoms with Crippen LogP contribution in [0.4, 0.5) is 13.2 Å². The van der Waals surface area contributed by atoms with Crippen LogP contribution in [0, 0.1) is 0 Å². The molecule has 0 radical (unpaired) electrons. The van der Waals surface area contributed by atoms with Crippen molar-refractivity contribution in [1.29, 1.82) is 0 Å². The van der Waals surface area contributed by atoms with Gasteiger partial charge in [-0.25, -0.2) is 4.98 Å². The first-order chi connectivity index (χ1) is 11.4. The second-order valence-electron chi connectivity index (χ2n) is 6.90. The van der Waals surface area contributed by atoms with E-state index in [1.807, 2.05) is 27.7 Å². The molecule has 0 fully saturated rings. The maximum Gasteiger partial charge on any atom is 0.434 e. The summed E-state index contributed by atoms with van der Waals surface area (Å²) in [6.45, 7) is 7.53. The molecule has 0 amide bonds. The summed E-state index contributed by atoms with van der Waals surface area (Å²) in [5.74, 6) is 0.248. The lowest BCUT2D eigenvalue weighted by Crippen LogP contribution is -2.40. The summed E-state index contributed by atoms with van der Waals surface area (Å²) in [5, 5.41) is 0. The summed E-state index contributed by atoms with van der Waals surface area (Å²) in [6.07, 6.45) is -3.49. The fourth-order valence-corrected chi connectivity index (χ4v) is 3.01.